The Labute approximate surface area is 75.4 Å². The first-order valence-corrected chi connectivity index (χ1v) is 3.82. The van der Waals surface area contributed by atoms with Gasteiger partial charge in [0.05, 0.1) is 0 Å². The Balaban J connectivity index is 2.96. The first kappa shape index (κ1) is 9.03. The van der Waals surface area contributed by atoms with Gasteiger partial charge in [-0.3, -0.25) is 0 Å². The molecule has 1 aromatic rings. The summed E-state index contributed by atoms with van der Waals surface area (Å²) < 4.78 is 0. The fraction of sp³-hybridized carbons (Fsp3) is 0.125. The Morgan fingerprint density at radius 1 is 1.42 bits per heavy atom. The van der Waals surface area contributed by atoms with Crippen molar-refractivity contribution in [2.24, 2.45) is 10.9 Å². The summed E-state index contributed by atoms with van der Waals surface area (Å²) in [5.41, 5.74) is 6.56. The molecule has 4 heteroatoms. The lowest BCUT2D eigenvalue weighted by atomic mass is 10.1. The van der Waals surface area contributed by atoms with E-state index in [1.54, 1.807) is 24.3 Å². The lowest BCUT2D eigenvalue weighted by Gasteiger charge is -2.00. The van der Waals surface area contributed by atoms with Gasteiger partial charge in [0.1, 0.15) is 5.71 Å². The molecule has 0 saturated carbocycles. The molecule has 64 valence electrons. The van der Waals surface area contributed by atoms with Crippen LogP contribution >= 0.6 is 11.6 Å². The van der Waals surface area contributed by atoms with Gasteiger partial charge in [-0.15, -0.1) is 0 Å². The molecular weight excluding hydrogens is 176 g/mol. The standard InChI is InChI=1S/C8H9ClN2O/c9-7-3-1-6(2-4-7)8(5-10)11-12/h1-4,12H,5,10H2/b11-8-. The quantitative estimate of drug-likeness (QED) is 0.416. The summed E-state index contributed by atoms with van der Waals surface area (Å²) in [6.45, 7) is 0.206. The van der Waals surface area contributed by atoms with Gasteiger partial charge in [0.2, 0.25) is 0 Å². The molecule has 0 aromatic heterocycles. The Morgan fingerprint density at radius 3 is 2.42 bits per heavy atom. The number of hydrogen-bond donors (Lipinski definition) is 2. The Bertz CT molecular complexity index is 282. The summed E-state index contributed by atoms with van der Waals surface area (Å²) >= 11 is 5.67. The van der Waals surface area contributed by atoms with Gasteiger partial charge in [0, 0.05) is 17.1 Å². The summed E-state index contributed by atoms with van der Waals surface area (Å²) in [6, 6.07) is 6.95. The van der Waals surface area contributed by atoms with Crippen LogP contribution in [0.25, 0.3) is 0 Å². The highest BCUT2D eigenvalue weighted by Gasteiger charge is 2.00. The summed E-state index contributed by atoms with van der Waals surface area (Å²) in [7, 11) is 0. The van der Waals surface area contributed by atoms with Crippen molar-refractivity contribution >= 4 is 17.3 Å². The molecule has 1 rings (SSSR count). The largest absolute Gasteiger partial charge is 0.411 e. The smallest absolute Gasteiger partial charge is 0.100 e. The van der Waals surface area contributed by atoms with Crippen molar-refractivity contribution in [2.45, 2.75) is 0 Å². The fourth-order valence-corrected chi connectivity index (χ4v) is 0.985. The van der Waals surface area contributed by atoms with E-state index in [0.29, 0.717) is 10.7 Å². The van der Waals surface area contributed by atoms with Crippen molar-refractivity contribution in [1.29, 1.82) is 0 Å². The molecule has 0 bridgehead atoms. The van der Waals surface area contributed by atoms with Crippen molar-refractivity contribution in [3.8, 4) is 0 Å². The highest BCUT2D eigenvalue weighted by Crippen LogP contribution is 2.09. The molecule has 0 saturated heterocycles. The van der Waals surface area contributed by atoms with Crippen LogP contribution < -0.4 is 5.73 Å². The van der Waals surface area contributed by atoms with Crippen LogP contribution in [0.2, 0.25) is 5.02 Å². The lowest BCUT2D eigenvalue weighted by Crippen LogP contribution is -2.14. The average Bonchev–Trinajstić information content (AvgIpc) is 2.10. The van der Waals surface area contributed by atoms with Crippen molar-refractivity contribution < 1.29 is 5.21 Å². The van der Waals surface area contributed by atoms with Gasteiger partial charge in [-0.25, -0.2) is 0 Å². The maximum absolute atomic E-state index is 8.52. The molecule has 3 nitrogen and oxygen atoms in total. The zero-order chi connectivity index (χ0) is 8.97. The molecule has 12 heavy (non-hydrogen) atoms. The molecule has 1 aromatic carbocycles. The summed E-state index contributed by atoms with van der Waals surface area (Å²) in [6.07, 6.45) is 0. The van der Waals surface area contributed by atoms with E-state index < -0.39 is 0 Å². The maximum atomic E-state index is 8.52. The lowest BCUT2D eigenvalue weighted by molar-refractivity contribution is 0.318. The first-order chi connectivity index (χ1) is 5.77. The molecule has 0 atom stereocenters. The highest BCUT2D eigenvalue weighted by molar-refractivity contribution is 6.30. The second-order valence-corrected chi connectivity index (χ2v) is 2.69. The zero-order valence-electron chi connectivity index (χ0n) is 6.37. The van der Waals surface area contributed by atoms with Gasteiger partial charge >= 0.3 is 0 Å². The SMILES string of the molecule is NC/C(=N/O)c1ccc(Cl)cc1. The minimum atomic E-state index is 0.206. The Kier molecular flexibility index (Phi) is 3.08. The molecule has 0 unspecified atom stereocenters. The molecule has 0 aliphatic heterocycles. The van der Waals surface area contributed by atoms with E-state index in [4.69, 9.17) is 22.5 Å². The third-order valence-electron chi connectivity index (χ3n) is 1.49. The molecule has 3 N–H and O–H groups in total. The fourth-order valence-electron chi connectivity index (χ4n) is 0.859. The van der Waals surface area contributed by atoms with Gasteiger partial charge in [-0.1, -0.05) is 28.9 Å². The third-order valence-corrected chi connectivity index (χ3v) is 1.74. The Hall–Kier alpha value is -1.06. The number of rotatable bonds is 2. The summed E-state index contributed by atoms with van der Waals surface area (Å²) in [4.78, 5) is 0. The molecule has 0 radical (unpaired) electrons. The number of nitrogens with zero attached hydrogens (tertiary/aromatic N) is 1. The van der Waals surface area contributed by atoms with Gasteiger partial charge in [-0.05, 0) is 12.1 Å². The van der Waals surface area contributed by atoms with Crippen LogP contribution in [0.4, 0.5) is 0 Å². The van der Waals surface area contributed by atoms with E-state index in [-0.39, 0.29) is 6.54 Å². The van der Waals surface area contributed by atoms with Gasteiger partial charge in [0.15, 0.2) is 0 Å². The first-order valence-electron chi connectivity index (χ1n) is 3.45. The van der Waals surface area contributed by atoms with E-state index >= 15 is 0 Å². The number of oxime groups is 1. The summed E-state index contributed by atoms with van der Waals surface area (Å²) in [5.74, 6) is 0. The van der Waals surface area contributed by atoms with Crippen LogP contribution in [-0.4, -0.2) is 17.5 Å². The molecular formula is C8H9ClN2O. The van der Waals surface area contributed by atoms with Crippen LogP contribution in [0.15, 0.2) is 29.4 Å². The van der Waals surface area contributed by atoms with Crippen molar-refractivity contribution in [1.82, 2.24) is 0 Å². The number of nitrogens with two attached hydrogens (primary N) is 1. The van der Waals surface area contributed by atoms with Gasteiger partial charge in [0.25, 0.3) is 0 Å². The molecule has 0 aliphatic carbocycles. The van der Waals surface area contributed by atoms with E-state index in [2.05, 4.69) is 5.16 Å². The molecule has 0 amide bonds. The van der Waals surface area contributed by atoms with Crippen LogP contribution in [0.1, 0.15) is 5.56 Å². The van der Waals surface area contributed by atoms with Crippen molar-refractivity contribution in [3.63, 3.8) is 0 Å². The van der Waals surface area contributed by atoms with Gasteiger partial charge in [-0.2, -0.15) is 0 Å². The van der Waals surface area contributed by atoms with E-state index in [1.807, 2.05) is 0 Å². The van der Waals surface area contributed by atoms with Gasteiger partial charge < -0.3 is 10.9 Å². The van der Waals surface area contributed by atoms with Crippen molar-refractivity contribution in [3.05, 3.63) is 34.9 Å². The molecule has 0 aliphatic rings. The predicted molar refractivity (Wildman–Crippen MR) is 48.8 cm³/mol. The van der Waals surface area contributed by atoms with E-state index in [1.165, 1.54) is 0 Å². The number of halogens is 1. The zero-order valence-corrected chi connectivity index (χ0v) is 7.12. The van der Waals surface area contributed by atoms with Crippen LogP contribution in [0.3, 0.4) is 0 Å². The minimum Gasteiger partial charge on any atom is -0.411 e. The average molecular weight is 185 g/mol. The molecule has 0 heterocycles. The minimum absolute atomic E-state index is 0.206. The maximum Gasteiger partial charge on any atom is 0.100 e. The van der Waals surface area contributed by atoms with E-state index in [9.17, 15) is 0 Å². The third kappa shape index (κ3) is 1.96. The molecule has 0 fully saturated rings. The summed E-state index contributed by atoms with van der Waals surface area (Å²) in [5, 5.41) is 12.2. The van der Waals surface area contributed by atoms with E-state index in [0.717, 1.165) is 5.56 Å². The van der Waals surface area contributed by atoms with Crippen LogP contribution in [0.5, 0.6) is 0 Å². The van der Waals surface area contributed by atoms with Crippen LogP contribution in [-0.2, 0) is 0 Å². The monoisotopic (exact) mass is 184 g/mol. The number of hydrogen-bond acceptors (Lipinski definition) is 3. The second-order valence-electron chi connectivity index (χ2n) is 2.26. The second kappa shape index (κ2) is 4.09. The topological polar surface area (TPSA) is 58.6 Å². The van der Waals surface area contributed by atoms with Crippen LogP contribution in [0, 0.1) is 0 Å². The highest BCUT2D eigenvalue weighted by atomic mass is 35.5. The Morgan fingerprint density at radius 2 is 2.00 bits per heavy atom. The predicted octanol–water partition coefficient (Wildman–Crippen LogP) is 1.48. The normalized spacial score (nSPS) is 11.7. The van der Waals surface area contributed by atoms with Crippen molar-refractivity contribution in [2.75, 3.05) is 6.54 Å². The number of benzene rings is 1. The molecule has 0 spiro atoms.